The molecule has 0 spiro atoms. The van der Waals surface area contributed by atoms with Gasteiger partial charge in [0, 0.05) is 48.4 Å². The minimum atomic E-state index is -1.27. The first-order chi connectivity index (χ1) is 15.8. The van der Waals surface area contributed by atoms with Crippen molar-refractivity contribution < 1.29 is 19.6 Å². The van der Waals surface area contributed by atoms with Gasteiger partial charge in [0.15, 0.2) is 0 Å². The van der Waals surface area contributed by atoms with Gasteiger partial charge in [-0.3, -0.25) is 19.8 Å². The number of amides is 1. The smallest absolute Gasteiger partial charge is 0.270 e. The van der Waals surface area contributed by atoms with Crippen LogP contribution in [0.15, 0.2) is 65.7 Å². The second kappa shape index (κ2) is 9.35. The molecule has 0 bridgehead atoms. The molecule has 9 nitrogen and oxygen atoms in total. The normalized spacial score (nSPS) is 14.8. The van der Waals surface area contributed by atoms with Crippen molar-refractivity contribution in [3.63, 3.8) is 0 Å². The number of aromatic nitrogens is 2. The predicted octanol–water partition coefficient (Wildman–Crippen LogP) is 2.79. The molecule has 1 aliphatic rings. The Morgan fingerprint density at radius 2 is 1.94 bits per heavy atom. The Balaban J connectivity index is 1.77. The number of thiocarbonyl (C=S) groups is 1. The van der Waals surface area contributed by atoms with Gasteiger partial charge in [-0.25, -0.2) is 4.68 Å². The van der Waals surface area contributed by atoms with Gasteiger partial charge in [0.05, 0.1) is 15.5 Å². The summed E-state index contributed by atoms with van der Waals surface area (Å²) in [4.78, 5) is 35.9. The lowest BCUT2D eigenvalue weighted by molar-refractivity contribution is -0.384. The number of non-ortho nitro benzene ring substituents is 1. The molecule has 3 aromatic rings. The Morgan fingerprint density at radius 3 is 2.64 bits per heavy atom. The van der Waals surface area contributed by atoms with Gasteiger partial charge in [0.25, 0.3) is 11.6 Å². The summed E-state index contributed by atoms with van der Waals surface area (Å²) in [6.07, 6.45) is 3.00. The molecule has 0 atom stereocenters. The van der Waals surface area contributed by atoms with Crippen molar-refractivity contribution >= 4 is 51.9 Å². The molecule has 1 saturated heterocycles. The number of carbonyl (C=O) groups excluding carboxylic acids is 2. The fourth-order valence-corrected chi connectivity index (χ4v) is 4.53. The van der Waals surface area contributed by atoms with E-state index < -0.39 is 16.8 Å². The highest BCUT2D eigenvalue weighted by Gasteiger charge is 2.32. The summed E-state index contributed by atoms with van der Waals surface area (Å²) < 4.78 is 1.87. The van der Waals surface area contributed by atoms with Crippen LogP contribution in [0.2, 0.25) is 0 Å². The number of carboxylic acid groups (broad SMARTS) is 1. The van der Waals surface area contributed by atoms with Crippen LogP contribution < -0.4 is 5.11 Å². The number of nitro benzene ring substituents is 1. The van der Waals surface area contributed by atoms with Gasteiger partial charge in [-0.05, 0) is 18.2 Å². The van der Waals surface area contributed by atoms with E-state index in [1.54, 1.807) is 29.1 Å². The molecule has 0 saturated carbocycles. The van der Waals surface area contributed by atoms with Crippen molar-refractivity contribution in [3.8, 4) is 16.9 Å². The van der Waals surface area contributed by atoms with Gasteiger partial charge in [-0.2, -0.15) is 5.10 Å². The number of nitro groups is 1. The number of para-hydroxylation sites is 1. The molecule has 0 N–H and O–H groups in total. The van der Waals surface area contributed by atoms with Crippen molar-refractivity contribution in [2.75, 3.05) is 6.54 Å². The van der Waals surface area contributed by atoms with Gasteiger partial charge >= 0.3 is 0 Å². The molecule has 11 heteroatoms. The van der Waals surface area contributed by atoms with Crippen molar-refractivity contribution in [3.05, 3.63) is 81.4 Å². The Kier molecular flexibility index (Phi) is 6.33. The summed E-state index contributed by atoms with van der Waals surface area (Å²) in [7, 11) is 0. The van der Waals surface area contributed by atoms with Gasteiger partial charge in [0.2, 0.25) is 0 Å². The molecule has 1 aliphatic heterocycles. The third-order valence-corrected chi connectivity index (χ3v) is 6.17. The van der Waals surface area contributed by atoms with Crippen LogP contribution in [0.3, 0.4) is 0 Å². The number of thioether (sulfide) groups is 1. The minimum absolute atomic E-state index is 0.0780. The van der Waals surface area contributed by atoms with E-state index in [4.69, 9.17) is 12.2 Å². The molecule has 2 heterocycles. The molecular formula is C22H15N4O5S2-. The second-order valence-corrected chi connectivity index (χ2v) is 8.65. The zero-order valence-electron chi connectivity index (χ0n) is 16.9. The zero-order chi connectivity index (χ0) is 23.5. The van der Waals surface area contributed by atoms with Crippen LogP contribution in [0.4, 0.5) is 5.69 Å². The van der Waals surface area contributed by atoms with Gasteiger partial charge in [0.1, 0.15) is 10.0 Å². The van der Waals surface area contributed by atoms with Crippen LogP contribution in [0.1, 0.15) is 12.0 Å². The number of aliphatic carboxylic acids is 1. The quantitative estimate of drug-likeness (QED) is 0.219. The predicted molar refractivity (Wildman–Crippen MR) is 125 cm³/mol. The highest BCUT2D eigenvalue weighted by atomic mass is 32.2. The Hall–Kier alpha value is -3.83. The number of hydrogen-bond acceptors (Lipinski definition) is 8. The van der Waals surface area contributed by atoms with E-state index in [1.165, 1.54) is 17.0 Å². The second-order valence-electron chi connectivity index (χ2n) is 6.98. The lowest BCUT2D eigenvalue weighted by Crippen LogP contribution is -2.33. The van der Waals surface area contributed by atoms with Crippen LogP contribution in [0, 0.1) is 10.1 Å². The van der Waals surface area contributed by atoms with E-state index in [1.807, 2.05) is 30.3 Å². The summed E-state index contributed by atoms with van der Waals surface area (Å²) in [5.74, 6) is -1.69. The molecule has 33 heavy (non-hydrogen) atoms. The van der Waals surface area contributed by atoms with E-state index in [2.05, 4.69) is 5.10 Å². The van der Waals surface area contributed by atoms with Gasteiger partial charge < -0.3 is 9.90 Å². The molecule has 1 fully saturated rings. The molecule has 1 aromatic heterocycles. The number of carbonyl (C=O) groups is 2. The van der Waals surface area contributed by atoms with Crippen LogP contribution in [-0.4, -0.2) is 42.3 Å². The maximum absolute atomic E-state index is 12.8. The molecule has 166 valence electrons. The molecule has 0 aliphatic carbocycles. The Labute approximate surface area is 197 Å². The topological polar surface area (TPSA) is 121 Å². The lowest BCUT2D eigenvalue weighted by Gasteiger charge is -2.14. The summed E-state index contributed by atoms with van der Waals surface area (Å²) in [5.41, 5.74) is 2.20. The van der Waals surface area contributed by atoms with Crippen LogP contribution in [0.25, 0.3) is 23.0 Å². The molecule has 0 radical (unpaired) electrons. The van der Waals surface area contributed by atoms with Crippen molar-refractivity contribution in [1.82, 2.24) is 14.7 Å². The largest absolute Gasteiger partial charge is 0.550 e. The van der Waals surface area contributed by atoms with E-state index in [9.17, 15) is 24.8 Å². The first kappa shape index (κ1) is 22.4. The Morgan fingerprint density at radius 1 is 1.18 bits per heavy atom. The Bertz CT molecular complexity index is 1300. The summed E-state index contributed by atoms with van der Waals surface area (Å²) in [5, 5.41) is 26.6. The van der Waals surface area contributed by atoms with E-state index >= 15 is 0 Å². The number of hydrogen-bond donors (Lipinski definition) is 0. The average Bonchev–Trinajstić information content (AvgIpc) is 3.34. The summed E-state index contributed by atoms with van der Waals surface area (Å²) in [6, 6.07) is 15.4. The van der Waals surface area contributed by atoms with E-state index in [0.29, 0.717) is 21.7 Å². The van der Waals surface area contributed by atoms with Crippen molar-refractivity contribution in [2.45, 2.75) is 6.42 Å². The fourth-order valence-electron chi connectivity index (χ4n) is 3.23. The number of rotatable bonds is 7. The molecule has 2 aromatic carbocycles. The standard InChI is InChI=1S/C22H16N4O5S2/c27-19(28)9-10-24-21(29)18(33-22(24)32)12-15-13-25(16-6-2-1-3-7-16)23-20(15)14-5-4-8-17(11-14)26(30)31/h1-8,11-13H,9-10H2,(H,27,28)/p-1/b18-12-. The van der Waals surface area contributed by atoms with E-state index in [0.717, 1.165) is 17.4 Å². The molecule has 0 unspecified atom stereocenters. The van der Waals surface area contributed by atoms with Crippen LogP contribution in [-0.2, 0) is 9.59 Å². The van der Waals surface area contributed by atoms with Crippen LogP contribution in [0.5, 0.6) is 0 Å². The third-order valence-electron chi connectivity index (χ3n) is 4.79. The molecule has 1 amide bonds. The minimum Gasteiger partial charge on any atom is -0.550 e. The SMILES string of the molecule is O=C([O-])CCN1C(=O)/C(=C/c2cn(-c3ccccc3)nc2-c2cccc([N+](=O)[O-])c2)SC1=S. The third kappa shape index (κ3) is 4.83. The first-order valence-corrected chi connectivity index (χ1v) is 10.9. The van der Waals surface area contributed by atoms with Gasteiger partial charge in [-0.15, -0.1) is 0 Å². The molecular weight excluding hydrogens is 464 g/mol. The summed E-state index contributed by atoms with van der Waals surface area (Å²) in [6.45, 7) is -0.0780. The number of nitrogens with zero attached hydrogens (tertiary/aromatic N) is 4. The van der Waals surface area contributed by atoms with E-state index in [-0.39, 0.29) is 23.0 Å². The highest BCUT2D eigenvalue weighted by molar-refractivity contribution is 8.26. The first-order valence-electron chi connectivity index (χ1n) is 9.68. The lowest BCUT2D eigenvalue weighted by atomic mass is 10.1. The monoisotopic (exact) mass is 479 g/mol. The highest BCUT2D eigenvalue weighted by Crippen LogP contribution is 2.35. The maximum Gasteiger partial charge on any atom is 0.270 e. The van der Waals surface area contributed by atoms with Gasteiger partial charge in [-0.1, -0.05) is 54.3 Å². The van der Waals surface area contributed by atoms with Crippen LogP contribution >= 0.6 is 24.0 Å². The summed E-state index contributed by atoms with van der Waals surface area (Å²) >= 11 is 6.29. The fraction of sp³-hybridized carbons (Fsp3) is 0.0909. The average molecular weight is 480 g/mol. The van der Waals surface area contributed by atoms with Crippen molar-refractivity contribution in [1.29, 1.82) is 0 Å². The molecule has 4 rings (SSSR count). The van der Waals surface area contributed by atoms with Crippen molar-refractivity contribution in [2.24, 2.45) is 0 Å². The number of carboxylic acids is 1. The maximum atomic E-state index is 12.8. The zero-order valence-corrected chi connectivity index (χ0v) is 18.5. The number of benzene rings is 2.